The lowest BCUT2D eigenvalue weighted by Crippen LogP contribution is -2.37. The third kappa shape index (κ3) is 4.74. The van der Waals surface area contributed by atoms with Crippen molar-refractivity contribution in [1.29, 1.82) is 0 Å². The summed E-state index contributed by atoms with van der Waals surface area (Å²) in [5.41, 5.74) is 4.19. The minimum Gasteiger partial charge on any atom is -0.340 e. The summed E-state index contributed by atoms with van der Waals surface area (Å²) in [7, 11) is -3.67. The van der Waals surface area contributed by atoms with E-state index in [9.17, 15) is 8.42 Å². The van der Waals surface area contributed by atoms with E-state index in [2.05, 4.69) is 42.8 Å². The summed E-state index contributed by atoms with van der Waals surface area (Å²) in [5.74, 6) is 2.18. The van der Waals surface area contributed by atoms with Crippen LogP contribution in [0.5, 0.6) is 0 Å². The van der Waals surface area contributed by atoms with Crippen molar-refractivity contribution >= 4 is 21.6 Å². The topological polar surface area (TPSA) is 91.4 Å². The van der Waals surface area contributed by atoms with E-state index in [1.807, 2.05) is 30.3 Å². The van der Waals surface area contributed by atoms with Crippen LogP contribution in [0.15, 0.2) is 42.5 Å². The number of hydrogen-bond donors (Lipinski definition) is 1. The van der Waals surface area contributed by atoms with Crippen molar-refractivity contribution in [2.45, 2.75) is 39.5 Å². The van der Waals surface area contributed by atoms with Crippen molar-refractivity contribution in [3.63, 3.8) is 0 Å². The van der Waals surface area contributed by atoms with E-state index in [0.717, 1.165) is 47.6 Å². The summed E-state index contributed by atoms with van der Waals surface area (Å²) >= 11 is 0. The Morgan fingerprint density at radius 3 is 2.45 bits per heavy atom. The molecule has 0 unspecified atom stereocenters. The van der Waals surface area contributed by atoms with Gasteiger partial charge in [-0.3, -0.25) is 0 Å². The number of imidazole rings is 1. The molecular formula is C24H29N5O3S. The lowest BCUT2D eigenvalue weighted by molar-refractivity contribution is 0.288. The first-order valence-electron chi connectivity index (χ1n) is 11.2. The molecule has 0 saturated heterocycles. The lowest BCUT2D eigenvalue weighted by atomic mass is 9.96. The number of hydroxylamine groups is 1. The Hall–Kier alpha value is -2.91. The number of benzene rings is 1. The van der Waals surface area contributed by atoms with Gasteiger partial charge in [-0.05, 0) is 30.4 Å². The van der Waals surface area contributed by atoms with E-state index in [0.29, 0.717) is 24.0 Å². The first-order chi connectivity index (χ1) is 15.6. The van der Waals surface area contributed by atoms with Crippen LogP contribution < -0.4 is 9.96 Å². The fourth-order valence-electron chi connectivity index (χ4n) is 4.16. The summed E-state index contributed by atoms with van der Waals surface area (Å²) in [6.45, 7) is 7.41. The Kier molecular flexibility index (Phi) is 5.21. The molecule has 3 heterocycles. The highest BCUT2D eigenvalue weighted by Crippen LogP contribution is 2.43. The number of aromatic nitrogens is 3. The van der Waals surface area contributed by atoms with Crippen LogP contribution in [0.3, 0.4) is 0 Å². The summed E-state index contributed by atoms with van der Waals surface area (Å²) in [4.78, 5) is 15.5. The van der Waals surface area contributed by atoms with Crippen molar-refractivity contribution in [1.82, 2.24) is 15.0 Å². The van der Waals surface area contributed by atoms with Gasteiger partial charge in [0.15, 0.2) is 5.82 Å². The van der Waals surface area contributed by atoms with Gasteiger partial charge >= 0.3 is 0 Å². The Bertz CT molecular complexity index is 1280. The molecule has 0 spiro atoms. The normalized spacial score (nSPS) is 16.4. The molecule has 2 aromatic heterocycles. The van der Waals surface area contributed by atoms with Gasteiger partial charge in [0.25, 0.3) is 10.1 Å². The minimum absolute atomic E-state index is 0.0155. The van der Waals surface area contributed by atoms with E-state index >= 15 is 0 Å². The molecule has 33 heavy (non-hydrogen) atoms. The molecule has 174 valence electrons. The molecule has 1 aromatic carbocycles. The second-order valence-electron chi connectivity index (χ2n) is 10.1. The van der Waals surface area contributed by atoms with Gasteiger partial charge in [0.1, 0.15) is 18.2 Å². The van der Waals surface area contributed by atoms with Gasteiger partial charge in [0.05, 0.1) is 23.3 Å². The quantitative estimate of drug-likeness (QED) is 0.569. The maximum Gasteiger partial charge on any atom is 0.285 e. The van der Waals surface area contributed by atoms with Crippen LogP contribution >= 0.6 is 0 Å². The fourth-order valence-corrected chi connectivity index (χ4v) is 4.62. The highest BCUT2D eigenvalue weighted by atomic mass is 32.2. The molecule has 3 aromatic rings. The van der Waals surface area contributed by atoms with Crippen LogP contribution in [0.4, 0.5) is 11.5 Å². The van der Waals surface area contributed by atoms with Gasteiger partial charge in [-0.25, -0.2) is 15.0 Å². The summed E-state index contributed by atoms with van der Waals surface area (Å²) < 4.78 is 28.9. The molecule has 0 bridgehead atoms. The smallest absolute Gasteiger partial charge is 0.285 e. The maximum atomic E-state index is 11.8. The van der Waals surface area contributed by atoms with Gasteiger partial charge in [0, 0.05) is 18.0 Å². The Morgan fingerprint density at radius 2 is 1.82 bits per heavy atom. The summed E-state index contributed by atoms with van der Waals surface area (Å²) in [6.07, 6.45) is 3.35. The molecule has 0 atom stereocenters. The zero-order valence-corrected chi connectivity index (χ0v) is 20.2. The first kappa shape index (κ1) is 21.9. The van der Waals surface area contributed by atoms with E-state index in [4.69, 9.17) is 14.3 Å². The number of nitrogens with one attached hydrogen (secondary N) is 1. The number of H-pyrrole nitrogens is 1. The second kappa shape index (κ2) is 7.85. The van der Waals surface area contributed by atoms with Crippen molar-refractivity contribution < 1.29 is 12.7 Å². The number of aromatic amines is 1. The Morgan fingerprint density at radius 1 is 1.09 bits per heavy atom. The molecule has 1 aliphatic heterocycles. The van der Waals surface area contributed by atoms with Gasteiger partial charge in [0.2, 0.25) is 0 Å². The molecule has 9 heteroatoms. The van der Waals surface area contributed by atoms with Crippen LogP contribution in [-0.2, 0) is 14.4 Å². The molecular weight excluding hydrogens is 438 g/mol. The van der Waals surface area contributed by atoms with Gasteiger partial charge < -0.3 is 9.88 Å². The molecule has 0 amide bonds. The molecule has 1 aliphatic carbocycles. The molecule has 8 nitrogen and oxygen atoms in total. The number of anilines is 2. The summed E-state index contributed by atoms with van der Waals surface area (Å²) in [6, 6.07) is 13.9. The van der Waals surface area contributed by atoms with E-state index in [1.54, 1.807) is 0 Å². The van der Waals surface area contributed by atoms with Crippen LogP contribution in [0, 0.1) is 5.41 Å². The Balaban J connectivity index is 1.59. The summed E-state index contributed by atoms with van der Waals surface area (Å²) in [5, 5.41) is 1.40. The monoisotopic (exact) mass is 467 g/mol. The van der Waals surface area contributed by atoms with Gasteiger partial charge in [-0.2, -0.15) is 8.42 Å². The Labute approximate surface area is 194 Å². The SMILES string of the molecule is CC(C)(C)CN1CN(OS(C)(=O)=O)c2ccc(-c3[nH]c(C4CC4)nc3-c3ccccc3)nc21. The molecule has 0 radical (unpaired) electrons. The second-order valence-corrected chi connectivity index (χ2v) is 11.6. The number of pyridine rings is 1. The number of hydrogen-bond acceptors (Lipinski definition) is 7. The molecule has 1 fully saturated rings. The van der Waals surface area contributed by atoms with Crippen LogP contribution in [0.25, 0.3) is 22.6 Å². The van der Waals surface area contributed by atoms with Gasteiger partial charge in [-0.1, -0.05) is 51.1 Å². The van der Waals surface area contributed by atoms with Gasteiger partial charge in [-0.15, -0.1) is 4.28 Å². The maximum absolute atomic E-state index is 11.8. The van der Waals surface area contributed by atoms with Crippen molar-refractivity contribution in [3.8, 4) is 22.6 Å². The first-order valence-corrected chi connectivity index (χ1v) is 13.0. The van der Waals surface area contributed by atoms with Crippen LogP contribution in [-0.4, -0.2) is 42.8 Å². The van der Waals surface area contributed by atoms with Crippen molar-refractivity contribution in [2.24, 2.45) is 5.41 Å². The predicted octanol–water partition coefficient (Wildman–Crippen LogP) is 4.54. The van der Waals surface area contributed by atoms with Crippen molar-refractivity contribution in [2.75, 3.05) is 29.4 Å². The zero-order chi connectivity index (χ0) is 23.4. The van der Waals surface area contributed by atoms with E-state index in [1.165, 1.54) is 5.06 Å². The fraction of sp³-hybridized carbons (Fsp3) is 0.417. The lowest BCUT2D eigenvalue weighted by Gasteiger charge is -2.27. The molecule has 1 N–H and O–H groups in total. The highest BCUT2D eigenvalue weighted by Gasteiger charge is 2.34. The predicted molar refractivity (Wildman–Crippen MR) is 129 cm³/mol. The standard InChI is InChI=1S/C24H29N5O3S/c1-24(2,3)14-28-15-29(32-33(4,30)31)19-13-12-18(25-23(19)28)21-20(16-8-6-5-7-9-16)26-22(27-21)17-10-11-17/h5-9,12-13,17H,10-11,14-15H2,1-4H3,(H,26,27). The largest absolute Gasteiger partial charge is 0.340 e. The third-order valence-electron chi connectivity index (χ3n) is 5.60. The van der Waals surface area contributed by atoms with E-state index in [-0.39, 0.29) is 12.1 Å². The molecule has 1 saturated carbocycles. The third-order valence-corrected chi connectivity index (χ3v) is 6.05. The van der Waals surface area contributed by atoms with Crippen LogP contribution in [0.2, 0.25) is 0 Å². The number of nitrogens with zero attached hydrogens (tertiary/aromatic N) is 4. The average Bonchev–Trinajstić information content (AvgIpc) is 3.41. The van der Waals surface area contributed by atoms with Crippen LogP contribution in [0.1, 0.15) is 45.4 Å². The minimum atomic E-state index is -3.67. The average molecular weight is 468 g/mol. The number of fused-ring (bicyclic) bond motifs is 1. The molecule has 5 rings (SSSR count). The van der Waals surface area contributed by atoms with E-state index < -0.39 is 10.1 Å². The molecule has 2 aliphatic rings. The van der Waals surface area contributed by atoms with Crippen molar-refractivity contribution in [3.05, 3.63) is 48.3 Å². The highest BCUT2D eigenvalue weighted by molar-refractivity contribution is 7.86. The zero-order valence-electron chi connectivity index (χ0n) is 19.4. The number of rotatable bonds is 6.